The predicted octanol–water partition coefficient (Wildman–Crippen LogP) is 3.40. The molecule has 2 rings (SSSR count). The van der Waals surface area contributed by atoms with Crippen molar-refractivity contribution < 1.29 is 5.11 Å². The van der Waals surface area contributed by atoms with Gasteiger partial charge in [0, 0.05) is 13.1 Å². The number of hydrogen-bond acceptors (Lipinski definition) is 3. The third kappa shape index (κ3) is 3.47. The molecule has 0 radical (unpaired) electrons. The number of nitrogens with zero attached hydrogens (tertiary/aromatic N) is 2. The van der Waals surface area contributed by atoms with Crippen LogP contribution >= 0.6 is 0 Å². The monoisotopic (exact) mass is 262 g/mol. The summed E-state index contributed by atoms with van der Waals surface area (Å²) < 4.78 is 0. The molecule has 0 saturated carbocycles. The molecular weight excluding hydrogens is 236 g/mol. The van der Waals surface area contributed by atoms with Crippen LogP contribution in [-0.2, 0) is 0 Å². The van der Waals surface area contributed by atoms with Gasteiger partial charge in [0.25, 0.3) is 0 Å². The van der Waals surface area contributed by atoms with Crippen molar-refractivity contribution in [2.75, 3.05) is 18.0 Å². The van der Waals surface area contributed by atoms with Gasteiger partial charge in [0.1, 0.15) is 0 Å². The maximum atomic E-state index is 9.47. The molecule has 3 nitrogen and oxygen atoms in total. The van der Waals surface area contributed by atoms with Crippen LogP contribution in [0, 0.1) is 11.3 Å². The lowest BCUT2D eigenvalue weighted by Crippen LogP contribution is -2.38. The highest BCUT2D eigenvalue weighted by Gasteiger charge is 2.28. The van der Waals surface area contributed by atoms with Gasteiger partial charge in [-0.05, 0) is 43.2 Å². The van der Waals surface area contributed by atoms with Crippen molar-refractivity contribution in [2.24, 2.45) is 11.3 Å². The molecule has 2 heterocycles. The Kier molecular flexibility index (Phi) is 4.14. The van der Waals surface area contributed by atoms with Crippen molar-refractivity contribution in [2.45, 2.75) is 46.6 Å². The first-order valence-corrected chi connectivity index (χ1v) is 7.27. The van der Waals surface area contributed by atoms with E-state index in [2.05, 4.69) is 36.7 Å². The van der Waals surface area contributed by atoms with Crippen LogP contribution in [-0.4, -0.2) is 23.2 Å². The van der Waals surface area contributed by atoms with Gasteiger partial charge in [0.15, 0.2) is 0 Å². The number of rotatable bonds is 2. The lowest BCUT2D eigenvalue weighted by molar-refractivity contribution is 0.194. The first-order valence-electron chi connectivity index (χ1n) is 7.27. The maximum absolute atomic E-state index is 9.47. The number of aromatic nitrogens is 1. The van der Waals surface area contributed by atoms with Gasteiger partial charge in [0.05, 0.1) is 23.7 Å². The van der Waals surface area contributed by atoms with Crippen LogP contribution in [0.5, 0.6) is 0 Å². The van der Waals surface area contributed by atoms with E-state index in [4.69, 9.17) is 0 Å². The average Bonchev–Trinajstić information content (AvgIpc) is 2.38. The molecule has 1 N–H and O–H groups in total. The Balaban J connectivity index is 1.98. The second-order valence-electron chi connectivity index (χ2n) is 6.74. The Hall–Kier alpha value is -1.09. The fourth-order valence-electron chi connectivity index (χ4n) is 2.84. The minimum Gasteiger partial charge on any atom is -0.387 e. The van der Waals surface area contributed by atoms with Gasteiger partial charge in [-0.15, -0.1) is 0 Å². The molecule has 1 aromatic heterocycles. The van der Waals surface area contributed by atoms with Crippen LogP contribution in [0.4, 0.5) is 5.69 Å². The number of anilines is 1. The molecule has 1 fully saturated rings. The molecule has 0 spiro atoms. The quantitative estimate of drug-likeness (QED) is 0.887. The zero-order valence-corrected chi connectivity index (χ0v) is 12.6. The summed E-state index contributed by atoms with van der Waals surface area (Å²) in [6.45, 7) is 11.0. The molecule has 1 unspecified atom stereocenters. The van der Waals surface area contributed by atoms with E-state index in [1.54, 1.807) is 6.92 Å². The molecule has 106 valence electrons. The summed E-state index contributed by atoms with van der Waals surface area (Å²) in [5.74, 6) is 0.813. The van der Waals surface area contributed by atoms with Crippen molar-refractivity contribution in [1.82, 2.24) is 4.98 Å². The molecule has 1 aliphatic rings. The fraction of sp³-hybridized carbons (Fsp3) is 0.688. The van der Waals surface area contributed by atoms with E-state index in [1.807, 2.05) is 12.3 Å². The predicted molar refractivity (Wildman–Crippen MR) is 79.3 cm³/mol. The van der Waals surface area contributed by atoms with E-state index in [9.17, 15) is 5.11 Å². The van der Waals surface area contributed by atoms with Gasteiger partial charge < -0.3 is 10.0 Å². The van der Waals surface area contributed by atoms with Crippen molar-refractivity contribution in [3.63, 3.8) is 0 Å². The largest absolute Gasteiger partial charge is 0.387 e. The summed E-state index contributed by atoms with van der Waals surface area (Å²) in [6.07, 6.45) is 3.91. The van der Waals surface area contributed by atoms with Crippen LogP contribution < -0.4 is 4.90 Å². The normalized spacial score (nSPS) is 19.5. The molecule has 0 bridgehead atoms. The highest BCUT2D eigenvalue weighted by atomic mass is 16.3. The Morgan fingerprint density at radius 1 is 1.26 bits per heavy atom. The number of hydrogen-bond donors (Lipinski definition) is 1. The van der Waals surface area contributed by atoms with E-state index in [-0.39, 0.29) is 0 Å². The minimum absolute atomic E-state index is 0.417. The number of pyridine rings is 1. The van der Waals surface area contributed by atoms with E-state index in [0.717, 1.165) is 24.7 Å². The first kappa shape index (κ1) is 14.3. The summed E-state index contributed by atoms with van der Waals surface area (Å²) in [4.78, 5) is 6.73. The molecule has 3 heteroatoms. The molecule has 0 aromatic carbocycles. The third-order valence-electron chi connectivity index (χ3n) is 4.28. The second-order valence-corrected chi connectivity index (χ2v) is 6.74. The highest BCUT2D eigenvalue weighted by molar-refractivity contribution is 5.45. The highest BCUT2D eigenvalue weighted by Crippen LogP contribution is 2.35. The zero-order chi connectivity index (χ0) is 14.0. The number of aliphatic hydroxyl groups excluding tert-OH is 1. The summed E-state index contributed by atoms with van der Waals surface area (Å²) >= 11 is 0. The fourth-order valence-corrected chi connectivity index (χ4v) is 2.84. The maximum Gasteiger partial charge on any atom is 0.0931 e. The van der Waals surface area contributed by atoms with Gasteiger partial charge in [0.2, 0.25) is 0 Å². The van der Waals surface area contributed by atoms with E-state index in [1.165, 1.54) is 18.5 Å². The van der Waals surface area contributed by atoms with Gasteiger partial charge in [-0.1, -0.05) is 20.8 Å². The summed E-state index contributed by atoms with van der Waals surface area (Å²) in [6, 6.07) is 4.00. The minimum atomic E-state index is -0.485. The number of aliphatic hydroxyl groups is 1. The van der Waals surface area contributed by atoms with E-state index < -0.39 is 6.10 Å². The first-order chi connectivity index (χ1) is 8.88. The molecule has 1 aliphatic heterocycles. The zero-order valence-electron chi connectivity index (χ0n) is 12.6. The summed E-state index contributed by atoms with van der Waals surface area (Å²) in [5.41, 5.74) is 2.34. The average molecular weight is 262 g/mol. The summed E-state index contributed by atoms with van der Waals surface area (Å²) in [7, 11) is 0. The van der Waals surface area contributed by atoms with Crippen molar-refractivity contribution >= 4 is 5.69 Å². The number of piperidine rings is 1. The molecule has 0 aliphatic carbocycles. The van der Waals surface area contributed by atoms with Crippen LogP contribution in [0.15, 0.2) is 18.3 Å². The van der Waals surface area contributed by atoms with E-state index in [0.29, 0.717) is 5.41 Å². The molecule has 1 saturated heterocycles. The molecular formula is C16H26N2O. The summed E-state index contributed by atoms with van der Waals surface area (Å²) in [5, 5.41) is 9.47. The van der Waals surface area contributed by atoms with Gasteiger partial charge >= 0.3 is 0 Å². The Morgan fingerprint density at radius 2 is 1.89 bits per heavy atom. The van der Waals surface area contributed by atoms with Crippen molar-refractivity contribution in [3.05, 3.63) is 24.0 Å². The SMILES string of the molecule is CC(O)c1ccc(N2CCC(C(C)(C)C)CC2)cn1. The molecule has 1 atom stereocenters. The van der Waals surface area contributed by atoms with Crippen molar-refractivity contribution in [1.29, 1.82) is 0 Å². The van der Waals surface area contributed by atoms with Crippen LogP contribution in [0.3, 0.4) is 0 Å². The second kappa shape index (κ2) is 5.49. The lowest BCUT2D eigenvalue weighted by atomic mass is 9.75. The van der Waals surface area contributed by atoms with Crippen LogP contribution in [0.1, 0.15) is 52.3 Å². The molecule has 1 aromatic rings. The van der Waals surface area contributed by atoms with Gasteiger partial charge in [-0.3, -0.25) is 4.98 Å². The third-order valence-corrected chi connectivity index (χ3v) is 4.28. The van der Waals surface area contributed by atoms with Crippen molar-refractivity contribution in [3.8, 4) is 0 Å². The van der Waals surface area contributed by atoms with Gasteiger partial charge in [-0.2, -0.15) is 0 Å². The van der Waals surface area contributed by atoms with Crippen LogP contribution in [0.2, 0.25) is 0 Å². The smallest absolute Gasteiger partial charge is 0.0931 e. The standard InChI is InChI=1S/C16H26N2O/c1-12(19)15-6-5-14(11-17-15)18-9-7-13(8-10-18)16(2,3)4/h5-6,11-13,19H,7-10H2,1-4H3. The Labute approximate surface area is 116 Å². The van der Waals surface area contributed by atoms with Crippen LogP contribution in [0.25, 0.3) is 0 Å². The van der Waals surface area contributed by atoms with Gasteiger partial charge in [-0.25, -0.2) is 0 Å². The lowest BCUT2D eigenvalue weighted by Gasteiger charge is -2.39. The molecule has 19 heavy (non-hydrogen) atoms. The Bertz CT molecular complexity index is 398. The molecule has 0 amide bonds. The van der Waals surface area contributed by atoms with E-state index >= 15 is 0 Å². The Morgan fingerprint density at radius 3 is 2.32 bits per heavy atom. The topological polar surface area (TPSA) is 36.4 Å².